The van der Waals surface area contributed by atoms with Gasteiger partial charge in [0.15, 0.2) is 0 Å². The molecule has 4 aromatic rings. The third kappa shape index (κ3) is 2.65. The van der Waals surface area contributed by atoms with Crippen molar-refractivity contribution in [3.05, 3.63) is 54.6 Å². The second-order valence-electron chi connectivity index (χ2n) is 6.77. The summed E-state index contributed by atoms with van der Waals surface area (Å²) in [5, 5.41) is 5.66. The maximum absolute atomic E-state index is 11.4. The summed E-state index contributed by atoms with van der Waals surface area (Å²) >= 11 is 6.42. The van der Waals surface area contributed by atoms with Crippen LogP contribution in [0.3, 0.4) is 0 Å². The lowest BCUT2D eigenvalue weighted by Gasteiger charge is -2.38. The Kier molecular flexibility index (Phi) is 3.87. The predicted octanol–water partition coefficient (Wildman–Crippen LogP) is 2.74. The van der Waals surface area contributed by atoms with E-state index in [0.717, 1.165) is 22.2 Å². The van der Waals surface area contributed by atoms with Crippen LogP contribution in [0.4, 0.5) is 0 Å². The number of carbonyl (C=O) groups is 1. The topological polar surface area (TPSA) is 81.7 Å². The van der Waals surface area contributed by atoms with Gasteiger partial charge >= 0.3 is 0 Å². The van der Waals surface area contributed by atoms with Crippen LogP contribution in [0.1, 0.15) is 13.0 Å². The average molecular weight is 394 g/mol. The molecule has 5 rings (SSSR count). The van der Waals surface area contributed by atoms with E-state index in [9.17, 15) is 4.79 Å². The summed E-state index contributed by atoms with van der Waals surface area (Å²) in [5.74, 6) is 0.0899. The molecule has 0 unspecified atom stereocenters. The number of hydrogen-bond donors (Lipinski definition) is 0. The number of nitrogens with zero attached hydrogens (tertiary/aromatic N) is 7. The fourth-order valence-corrected chi connectivity index (χ4v) is 3.72. The fraction of sp³-hybridized carbons (Fsp3) is 0.211. The van der Waals surface area contributed by atoms with Crippen molar-refractivity contribution in [3.8, 4) is 16.8 Å². The zero-order valence-electron chi connectivity index (χ0n) is 15.0. The van der Waals surface area contributed by atoms with Crippen molar-refractivity contribution in [1.29, 1.82) is 0 Å². The highest BCUT2D eigenvalue weighted by Crippen LogP contribution is 2.35. The van der Waals surface area contributed by atoms with E-state index in [0.29, 0.717) is 23.9 Å². The standard InChI is InChI=1S/C19H16ClN7O/c1-12(28)25-8-15(9-25)27-7-13(5-24-27)16-10-26(14-3-2-4-21-6-14)19-17(16)18(20)22-11-23-19/h2-7,10-11,15H,8-9H2,1H3. The van der Waals surface area contributed by atoms with Crippen LogP contribution in [0, 0.1) is 0 Å². The van der Waals surface area contributed by atoms with Gasteiger partial charge in [0.25, 0.3) is 0 Å². The van der Waals surface area contributed by atoms with Crippen molar-refractivity contribution >= 4 is 28.5 Å². The van der Waals surface area contributed by atoms with E-state index >= 15 is 0 Å². The van der Waals surface area contributed by atoms with E-state index in [1.54, 1.807) is 24.2 Å². The molecule has 28 heavy (non-hydrogen) atoms. The van der Waals surface area contributed by atoms with Crippen LogP contribution in [0.5, 0.6) is 0 Å². The van der Waals surface area contributed by atoms with Gasteiger partial charge in [-0.3, -0.25) is 19.0 Å². The Morgan fingerprint density at radius 1 is 1.21 bits per heavy atom. The van der Waals surface area contributed by atoms with Crippen LogP contribution < -0.4 is 0 Å². The summed E-state index contributed by atoms with van der Waals surface area (Å²) in [5.41, 5.74) is 3.42. The monoisotopic (exact) mass is 393 g/mol. The van der Waals surface area contributed by atoms with Gasteiger partial charge in [-0.1, -0.05) is 11.6 Å². The van der Waals surface area contributed by atoms with E-state index in [4.69, 9.17) is 11.6 Å². The molecule has 9 heteroatoms. The first-order chi connectivity index (χ1) is 13.6. The van der Waals surface area contributed by atoms with E-state index in [1.165, 1.54) is 6.33 Å². The first-order valence-electron chi connectivity index (χ1n) is 8.84. The van der Waals surface area contributed by atoms with Crippen LogP contribution in [-0.2, 0) is 4.79 Å². The van der Waals surface area contributed by atoms with E-state index < -0.39 is 0 Å². The van der Waals surface area contributed by atoms with Gasteiger partial charge in [-0.15, -0.1) is 0 Å². The van der Waals surface area contributed by atoms with Crippen molar-refractivity contribution in [2.45, 2.75) is 13.0 Å². The molecular formula is C19H16ClN7O. The third-order valence-electron chi connectivity index (χ3n) is 5.06. The number of aromatic nitrogens is 6. The van der Waals surface area contributed by atoms with Crippen LogP contribution in [0.2, 0.25) is 5.15 Å². The molecule has 140 valence electrons. The molecule has 1 aliphatic heterocycles. The summed E-state index contributed by atoms with van der Waals surface area (Å²) in [6.45, 7) is 2.94. The Labute approximate surface area is 165 Å². The highest BCUT2D eigenvalue weighted by atomic mass is 35.5. The number of hydrogen-bond acceptors (Lipinski definition) is 5. The first kappa shape index (κ1) is 16.9. The number of likely N-dealkylation sites (tertiary alicyclic amines) is 1. The molecule has 0 radical (unpaired) electrons. The molecule has 0 saturated carbocycles. The van der Waals surface area contributed by atoms with Crippen molar-refractivity contribution in [3.63, 3.8) is 0 Å². The summed E-state index contributed by atoms with van der Waals surface area (Å²) in [6.07, 6.45) is 10.7. The fourth-order valence-electron chi connectivity index (χ4n) is 3.49. The zero-order valence-corrected chi connectivity index (χ0v) is 15.8. The second kappa shape index (κ2) is 6.42. The van der Waals surface area contributed by atoms with E-state index in [2.05, 4.69) is 20.1 Å². The second-order valence-corrected chi connectivity index (χ2v) is 7.13. The van der Waals surface area contributed by atoms with Crippen molar-refractivity contribution in [1.82, 2.24) is 34.2 Å². The van der Waals surface area contributed by atoms with Crippen molar-refractivity contribution in [2.75, 3.05) is 13.1 Å². The van der Waals surface area contributed by atoms with Crippen LogP contribution in [-0.4, -0.2) is 53.2 Å². The van der Waals surface area contributed by atoms with Gasteiger partial charge in [-0.2, -0.15) is 5.10 Å². The molecule has 0 bridgehead atoms. The summed E-state index contributed by atoms with van der Waals surface area (Å²) < 4.78 is 3.85. The lowest BCUT2D eigenvalue weighted by Crippen LogP contribution is -2.49. The smallest absolute Gasteiger partial charge is 0.219 e. The summed E-state index contributed by atoms with van der Waals surface area (Å²) in [7, 11) is 0. The maximum Gasteiger partial charge on any atom is 0.219 e. The molecular weight excluding hydrogens is 378 g/mol. The number of pyridine rings is 1. The van der Waals surface area contributed by atoms with Crippen LogP contribution in [0.15, 0.2) is 49.4 Å². The minimum atomic E-state index is 0.0899. The van der Waals surface area contributed by atoms with Gasteiger partial charge < -0.3 is 4.90 Å². The van der Waals surface area contributed by atoms with Gasteiger partial charge in [0.2, 0.25) is 5.91 Å². The van der Waals surface area contributed by atoms with Crippen molar-refractivity contribution in [2.24, 2.45) is 0 Å². The molecule has 5 heterocycles. The van der Waals surface area contributed by atoms with Gasteiger partial charge in [0.1, 0.15) is 17.1 Å². The molecule has 0 spiro atoms. The molecule has 1 saturated heterocycles. The third-order valence-corrected chi connectivity index (χ3v) is 5.34. The van der Waals surface area contributed by atoms with Gasteiger partial charge in [-0.05, 0) is 12.1 Å². The summed E-state index contributed by atoms with van der Waals surface area (Å²) in [4.78, 5) is 26.0. The first-order valence-corrected chi connectivity index (χ1v) is 9.21. The Morgan fingerprint density at radius 2 is 2.07 bits per heavy atom. The molecule has 1 fully saturated rings. The average Bonchev–Trinajstić information content (AvgIpc) is 3.26. The number of fused-ring (bicyclic) bond motifs is 1. The quantitative estimate of drug-likeness (QED) is 0.500. The van der Waals surface area contributed by atoms with Gasteiger partial charge in [0, 0.05) is 49.7 Å². The minimum Gasteiger partial charge on any atom is -0.339 e. The highest BCUT2D eigenvalue weighted by Gasteiger charge is 2.30. The molecule has 0 N–H and O–H groups in total. The van der Waals surface area contributed by atoms with Crippen LogP contribution >= 0.6 is 11.6 Å². The molecule has 4 aromatic heterocycles. The Hall–Kier alpha value is -3.26. The molecule has 1 amide bonds. The number of carbonyl (C=O) groups excluding carboxylic acids is 1. The lowest BCUT2D eigenvalue weighted by molar-refractivity contribution is -0.134. The van der Waals surface area contributed by atoms with E-state index in [1.807, 2.05) is 40.0 Å². The predicted molar refractivity (Wildman–Crippen MR) is 104 cm³/mol. The Bertz CT molecular complexity index is 1180. The molecule has 1 aliphatic rings. The normalized spacial score (nSPS) is 14.4. The van der Waals surface area contributed by atoms with Crippen molar-refractivity contribution < 1.29 is 4.79 Å². The maximum atomic E-state index is 11.4. The molecule has 0 aromatic carbocycles. The van der Waals surface area contributed by atoms with Gasteiger partial charge in [0.05, 0.1) is 29.5 Å². The highest BCUT2D eigenvalue weighted by molar-refractivity contribution is 6.35. The molecule has 0 aliphatic carbocycles. The Morgan fingerprint density at radius 3 is 2.82 bits per heavy atom. The largest absolute Gasteiger partial charge is 0.339 e. The Balaban J connectivity index is 1.58. The number of halogens is 1. The number of rotatable bonds is 3. The molecule has 8 nitrogen and oxygen atoms in total. The SMILES string of the molecule is CC(=O)N1CC(n2cc(-c3cn(-c4cccnc4)c4ncnc(Cl)c34)cn2)C1. The van der Waals surface area contributed by atoms with Crippen LogP contribution in [0.25, 0.3) is 27.8 Å². The minimum absolute atomic E-state index is 0.0899. The lowest BCUT2D eigenvalue weighted by atomic mass is 10.1. The van der Waals surface area contributed by atoms with Gasteiger partial charge in [-0.25, -0.2) is 9.97 Å². The number of amides is 1. The zero-order chi connectivity index (χ0) is 19.3. The molecule has 0 atom stereocenters. The van der Waals surface area contributed by atoms with E-state index in [-0.39, 0.29) is 11.9 Å². The summed E-state index contributed by atoms with van der Waals surface area (Å²) in [6, 6.07) is 4.02.